The number of halogens is 3. The van der Waals surface area contributed by atoms with E-state index in [2.05, 4.69) is 4.99 Å². The van der Waals surface area contributed by atoms with Crippen LogP contribution in [0.4, 0.5) is 4.39 Å². The topological polar surface area (TPSA) is 58.9 Å². The monoisotopic (exact) mass is 345 g/mol. The van der Waals surface area contributed by atoms with Gasteiger partial charge in [0.15, 0.2) is 0 Å². The average molecular weight is 346 g/mol. The number of aliphatic hydroxyl groups excluding tert-OH is 1. The number of carbonyl (C=O) groups is 1. The highest BCUT2D eigenvalue weighted by molar-refractivity contribution is 6.36. The molecular formula is C15H14Cl2FNO3. The largest absolute Gasteiger partial charge is 0.506 e. The van der Waals surface area contributed by atoms with Gasteiger partial charge >= 0.3 is 5.97 Å². The van der Waals surface area contributed by atoms with Crippen LogP contribution in [0.5, 0.6) is 0 Å². The average Bonchev–Trinajstić information content (AvgIpc) is 3.27. The van der Waals surface area contributed by atoms with Gasteiger partial charge in [-0.05, 0) is 31.9 Å². The van der Waals surface area contributed by atoms with Crippen molar-refractivity contribution in [3.8, 4) is 0 Å². The SMILES string of the molecule is CCOC(=O)C(C=NC1CC1)=C(O)c1cc(F)c(Cl)cc1Cl. The summed E-state index contributed by atoms with van der Waals surface area (Å²) in [7, 11) is 0. The van der Waals surface area contributed by atoms with Crippen molar-refractivity contribution in [3.63, 3.8) is 0 Å². The molecule has 7 heteroatoms. The summed E-state index contributed by atoms with van der Waals surface area (Å²) < 4.78 is 18.5. The predicted molar refractivity (Wildman–Crippen MR) is 84.1 cm³/mol. The lowest BCUT2D eigenvalue weighted by Gasteiger charge is -2.09. The Labute approximate surface area is 137 Å². The lowest BCUT2D eigenvalue weighted by molar-refractivity contribution is -0.137. The Morgan fingerprint density at radius 3 is 2.73 bits per heavy atom. The van der Waals surface area contributed by atoms with Crippen molar-refractivity contribution < 1.29 is 19.0 Å². The Hall–Kier alpha value is -1.59. The maximum Gasteiger partial charge on any atom is 0.343 e. The predicted octanol–water partition coefficient (Wildman–Crippen LogP) is 4.20. The molecule has 1 aliphatic carbocycles. The summed E-state index contributed by atoms with van der Waals surface area (Å²) in [5.74, 6) is -2.01. The van der Waals surface area contributed by atoms with Gasteiger partial charge in [0, 0.05) is 11.8 Å². The van der Waals surface area contributed by atoms with Gasteiger partial charge in [-0.3, -0.25) is 4.99 Å². The van der Waals surface area contributed by atoms with E-state index in [4.69, 9.17) is 27.9 Å². The van der Waals surface area contributed by atoms with Crippen molar-refractivity contribution in [2.75, 3.05) is 6.61 Å². The van der Waals surface area contributed by atoms with Gasteiger partial charge in [-0.2, -0.15) is 0 Å². The van der Waals surface area contributed by atoms with E-state index < -0.39 is 17.5 Å². The van der Waals surface area contributed by atoms with Crippen molar-refractivity contribution >= 4 is 41.1 Å². The Morgan fingerprint density at radius 2 is 2.14 bits per heavy atom. The first-order valence-corrected chi connectivity index (χ1v) is 7.48. The summed E-state index contributed by atoms with van der Waals surface area (Å²) in [6.07, 6.45) is 3.11. The fourth-order valence-electron chi connectivity index (χ4n) is 1.67. The van der Waals surface area contributed by atoms with Gasteiger partial charge in [0.1, 0.15) is 17.1 Å². The molecule has 4 nitrogen and oxygen atoms in total. The molecular weight excluding hydrogens is 332 g/mol. The summed E-state index contributed by atoms with van der Waals surface area (Å²) in [4.78, 5) is 16.1. The van der Waals surface area contributed by atoms with Gasteiger partial charge in [0.25, 0.3) is 0 Å². The molecule has 0 aliphatic heterocycles. The van der Waals surface area contributed by atoms with Gasteiger partial charge in [-0.1, -0.05) is 23.2 Å². The van der Waals surface area contributed by atoms with Crippen molar-refractivity contribution in [2.45, 2.75) is 25.8 Å². The Kier molecular flexibility index (Phi) is 5.42. The first-order chi connectivity index (χ1) is 10.4. The van der Waals surface area contributed by atoms with Gasteiger partial charge in [0.05, 0.1) is 22.7 Å². The number of aliphatic imine (C=N–C) groups is 1. The van der Waals surface area contributed by atoms with Gasteiger partial charge < -0.3 is 9.84 Å². The van der Waals surface area contributed by atoms with Crippen LogP contribution in [-0.2, 0) is 9.53 Å². The first kappa shape index (κ1) is 16.8. The zero-order valence-corrected chi connectivity index (χ0v) is 13.3. The highest BCUT2D eigenvalue weighted by Gasteiger charge is 2.23. The summed E-state index contributed by atoms with van der Waals surface area (Å²) in [5, 5.41) is 10.1. The molecule has 1 N–H and O–H groups in total. The van der Waals surface area contributed by atoms with Crippen molar-refractivity contribution in [1.29, 1.82) is 0 Å². The maximum absolute atomic E-state index is 13.6. The van der Waals surface area contributed by atoms with E-state index in [1.807, 2.05) is 0 Å². The normalized spacial score (nSPS) is 15.8. The number of ether oxygens (including phenoxy) is 1. The molecule has 0 saturated heterocycles. The summed E-state index contributed by atoms with van der Waals surface area (Å²) >= 11 is 11.6. The van der Waals surface area contributed by atoms with Crippen molar-refractivity contribution in [1.82, 2.24) is 0 Å². The molecule has 0 amide bonds. The van der Waals surface area contributed by atoms with Crippen molar-refractivity contribution in [3.05, 3.63) is 39.1 Å². The minimum absolute atomic E-state index is 0.0190. The number of benzene rings is 1. The fraction of sp³-hybridized carbons (Fsp3) is 0.333. The van der Waals surface area contributed by atoms with Crippen LogP contribution in [0.1, 0.15) is 25.3 Å². The van der Waals surface area contributed by atoms with Gasteiger partial charge in [-0.25, -0.2) is 9.18 Å². The second-order valence-electron chi connectivity index (χ2n) is 4.74. The van der Waals surface area contributed by atoms with E-state index in [0.717, 1.165) is 25.0 Å². The molecule has 0 bridgehead atoms. The van der Waals surface area contributed by atoms with Crippen LogP contribution in [-0.4, -0.2) is 29.9 Å². The number of carbonyl (C=O) groups excluding carboxylic acids is 1. The highest BCUT2D eigenvalue weighted by atomic mass is 35.5. The van der Waals surface area contributed by atoms with E-state index >= 15 is 0 Å². The third-order valence-corrected chi connectivity index (χ3v) is 3.58. The number of hydrogen-bond acceptors (Lipinski definition) is 4. The van der Waals surface area contributed by atoms with Crippen LogP contribution in [0.2, 0.25) is 10.0 Å². The Morgan fingerprint density at radius 1 is 1.45 bits per heavy atom. The number of aliphatic hydroxyl groups is 1. The zero-order valence-electron chi connectivity index (χ0n) is 11.8. The molecule has 2 rings (SSSR count). The minimum atomic E-state index is -0.755. The molecule has 1 aliphatic rings. The number of esters is 1. The molecule has 0 atom stereocenters. The molecule has 0 unspecified atom stereocenters. The summed E-state index contributed by atoms with van der Waals surface area (Å²) in [5.41, 5.74) is -0.216. The second-order valence-corrected chi connectivity index (χ2v) is 5.55. The summed E-state index contributed by atoms with van der Waals surface area (Å²) in [6.45, 7) is 1.77. The van der Waals surface area contributed by atoms with E-state index in [1.165, 1.54) is 6.21 Å². The lowest BCUT2D eigenvalue weighted by Crippen LogP contribution is -2.12. The number of rotatable bonds is 5. The van der Waals surface area contributed by atoms with Crippen LogP contribution in [0.15, 0.2) is 22.7 Å². The van der Waals surface area contributed by atoms with Gasteiger partial charge in [0.2, 0.25) is 0 Å². The van der Waals surface area contributed by atoms with E-state index in [1.54, 1.807) is 6.92 Å². The standard InChI is InChI=1S/C15H14Cl2FNO3/c1-2-22-15(21)10(7-19-8-3-4-8)14(20)9-5-13(18)12(17)6-11(9)16/h5-8,20H,2-4H2,1H3. The van der Waals surface area contributed by atoms with Crippen LogP contribution in [0.3, 0.4) is 0 Å². The van der Waals surface area contributed by atoms with Crippen LogP contribution in [0, 0.1) is 5.82 Å². The lowest BCUT2D eigenvalue weighted by atomic mass is 10.1. The van der Waals surface area contributed by atoms with E-state index in [9.17, 15) is 14.3 Å². The molecule has 1 aromatic rings. The molecule has 1 aromatic carbocycles. The quantitative estimate of drug-likeness (QED) is 0.286. The minimum Gasteiger partial charge on any atom is -0.506 e. The van der Waals surface area contributed by atoms with Crippen molar-refractivity contribution in [2.24, 2.45) is 4.99 Å². The molecule has 1 saturated carbocycles. The second kappa shape index (κ2) is 7.11. The van der Waals surface area contributed by atoms with E-state index in [0.29, 0.717) is 0 Å². The molecule has 0 heterocycles. The van der Waals surface area contributed by atoms with Gasteiger partial charge in [-0.15, -0.1) is 0 Å². The third-order valence-electron chi connectivity index (χ3n) is 2.98. The molecule has 0 aromatic heterocycles. The maximum atomic E-state index is 13.6. The number of nitrogens with zero attached hydrogens (tertiary/aromatic N) is 1. The van der Waals surface area contributed by atoms with Crippen LogP contribution < -0.4 is 0 Å². The highest BCUT2D eigenvalue weighted by Crippen LogP contribution is 2.30. The zero-order chi connectivity index (χ0) is 16.3. The molecule has 118 valence electrons. The smallest absolute Gasteiger partial charge is 0.343 e. The van der Waals surface area contributed by atoms with Crippen LogP contribution in [0.25, 0.3) is 5.76 Å². The Bertz CT molecular complexity index is 654. The molecule has 1 fully saturated rings. The molecule has 0 spiro atoms. The Balaban J connectivity index is 2.47. The number of hydrogen-bond donors (Lipinski definition) is 1. The van der Waals surface area contributed by atoms with Crippen LogP contribution >= 0.6 is 23.2 Å². The third kappa shape index (κ3) is 3.99. The molecule has 22 heavy (non-hydrogen) atoms. The fourth-order valence-corrected chi connectivity index (χ4v) is 2.14. The first-order valence-electron chi connectivity index (χ1n) is 6.72. The van der Waals surface area contributed by atoms with E-state index in [-0.39, 0.29) is 33.8 Å². The summed E-state index contributed by atoms with van der Waals surface area (Å²) in [6, 6.07) is 2.27. The molecule has 0 radical (unpaired) electrons.